The van der Waals surface area contributed by atoms with Crippen LogP contribution in [0.25, 0.3) is 6.08 Å². The van der Waals surface area contributed by atoms with Crippen molar-refractivity contribution < 1.29 is 33.7 Å². The molecule has 4 bridgehead atoms. The van der Waals surface area contributed by atoms with Crippen LogP contribution in [-0.2, 0) is 20.7 Å². The van der Waals surface area contributed by atoms with Gasteiger partial charge in [-0.1, -0.05) is 23.8 Å². The summed E-state index contributed by atoms with van der Waals surface area (Å²) in [5.41, 5.74) is -1.26. The summed E-state index contributed by atoms with van der Waals surface area (Å²) in [6.07, 6.45) is 10.8. The summed E-state index contributed by atoms with van der Waals surface area (Å²) in [7, 11) is 0. The molecule has 2 fully saturated rings. The van der Waals surface area contributed by atoms with Crippen LogP contribution < -0.4 is 9.47 Å². The summed E-state index contributed by atoms with van der Waals surface area (Å²) >= 11 is 0. The lowest BCUT2D eigenvalue weighted by Gasteiger charge is -2.56. The standard InChI is InChI=1S/C33H36O7/c1-17(2)8-9-21-27-20(11-12-30(4,5)38-27)25(35)24-26(36)22-14-19-15-23-31(6,7)40-32(29(19)37,13-10-18(3)16-34)33(22,23)39-28(21)24/h8,10-12,14,16,19,23,35H,9,13,15H2,1-7H3/b18-10+/t19-,23?,32-,33?/m1/s1. The van der Waals surface area contributed by atoms with E-state index in [1.807, 2.05) is 53.7 Å². The molecule has 1 saturated heterocycles. The molecule has 1 aromatic rings. The maximum atomic E-state index is 14.5. The number of ketones is 2. The van der Waals surface area contributed by atoms with Gasteiger partial charge in [0.15, 0.2) is 22.8 Å². The number of ether oxygens (including phenoxy) is 3. The Morgan fingerprint density at radius 1 is 1.07 bits per heavy atom. The Kier molecular flexibility index (Phi) is 5.54. The van der Waals surface area contributed by atoms with Gasteiger partial charge in [0.1, 0.15) is 34.7 Å². The third-order valence-electron chi connectivity index (χ3n) is 9.23. The average molecular weight is 545 g/mol. The number of phenols is 1. The van der Waals surface area contributed by atoms with E-state index in [2.05, 4.69) is 0 Å². The highest BCUT2D eigenvalue weighted by molar-refractivity contribution is 6.19. The minimum absolute atomic E-state index is 0.0905. The van der Waals surface area contributed by atoms with Gasteiger partial charge >= 0.3 is 0 Å². The molecule has 1 N–H and O–H groups in total. The van der Waals surface area contributed by atoms with Crippen molar-refractivity contribution in [2.24, 2.45) is 11.8 Å². The zero-order valence-electron chi connectivity index (χ0n) is 24.1. The van der Waals surface area contributed by atoms with Crippen LogP contribution >= 0.6 is 0 Å². The Labute approximate surface area is 234 Å². The van der Waals surface area contributed by atoms with Crippen LogP contribution in [0.2, 0.25) is 0 Å². The van der Waals surface area contributed by atoms with E-state index in [1.54, 1.807) is 25.2 Å². The maximum Gasteiger partial charge on any atom is 0.200 e. The second kappa shape index (κ2) is 8.29. The molecule has 1 aromatic carbocycles. The van der Waals surface area contributed by atoms with Crippen molar-refractivity contribution in [3.05, 3.63) is 57.7 Å². The van der Waals surface area contributed by atoms with Crippen molar-refractivity contribution >= 4 is 23.9 Å². The lowest BCUT2D eigenvalue weighted by atomic mass is 9.51. The molecule has 40 heavy (non-hydrogen) atoms. The Bertz CT molecular complexity index is 1510. The van der Waals surface area contributed by atoms with Gasteiger partial charge in [0.2, 0.25) is 0 Å². The number of carbonyl (C=O) groups is 3. The number of fused-ring (bicyclic) bond motifs is 2. The van der Waals surface area contributed by atoms with Crippen LogP contribution in [0.1, 0.15) is 82.8 Å². The Hall–Kier alpha value is -3.45. The second-order valence-corrected chi connectivity index (χ2v) is 13.1. The highest BCUT2D eigenvalue weighted by atomic mass is 16.6. The SMILES string of the molecule is CC(C)=CCc1c2c(c(O)c3c1OC14C(=C[C@@H]5CC1C(C)(C)O[C@]4(C/C=C(\C)C=O)C5=O)C3=O)C=CC(C)(C)O2. The number of allylic oxidation sites excluding steroid dienone is 4. The van der Waals surface area contributed by atoms with E-state index >= 15 is 0 Å². The molecule has 7 nitrogen and oxygen atoms in total. The lowest BCUT2D eigenvalue weighted by Crippen LogP contribution is -2.72. The molecule has 2 unspecified atom stereocenters. The first-order valence-electron chi connectivity index (χ1n) is 13.9. The zero-order valence-corrected chi connectivity index (χ0v) is 24.1. The largest absolute Gasteiger partial charge is 0.506 e. The molecular formula is C33H36O7. The summed E-state index contributed by atoms with van der Waals surface area (Å²) in [6, 6.07) is 0. The number of rotatable bonds is 5. The molecule has 0 amide bonds. The van der Waals surface area contributed by atoms with Crippen molar-refractivity contribution in [2.45, 2.75) is 90.1 Å². The summed E-state index contributed by atoms with van der Waals surface area (Å²) in [6.45, 7) is 13.4. The molecule has 0 radical (unpaired) electrons. The molecule has 6 aliphatic rings. The molecular weight excluding hydrogens is 508 g/mol. The Morgan fingerprint density at radius 3 is 2.48 bits per heavy atom. The predicted molar refractivity (Wildman–Crippen MR) is 150 cm³/mol. The number of Topliss-reactive ketones (excluding diaryl/α,β-unsaturated/α-hetero) is 2. The molecule has 210 valence electrons. The van der Waals surface area contributed by atoms with Crippen LogP contribution in [0.15, 0.2) is 41.0 Å². The second-order valence-electron chi connectivity index (χ2n) is 13.1. The zero-order chi connectivity index (χ0) is 29.0. The average Bonchev–Trinajstić information content (AvgIpc) is 3.03. The van der Waals surface area contributed by atoms with Gasteiger partial charge in [-0.2, -0.15) is 0 Å². The molecule has 4 atom stereocenters. The highest BCUT2D eigenvalue weighted by Crippen LogP contribution is 2.68. The van der Waals surface area contributed by atoms with Crippen LogP contribution in [-0.4, -0.2) is 45.4 Å². The first kappa shape index (κ1) is 26.8. The Balaban J connectivity index is 1.67. The minimum atomic E-state index is -1.49. The van der Waals surface area contributed by atoms with E-state index in [0.717, 1.165) is 11.9 Å². The number of hydrogen-bond donors (Lipinski definition) is 1. The number of aromatic hydroxyl groups is 1. The Morgan fingerprint density at radius 2 is 1.80 bits per heavy atom. The smallest absolute Gasteiger partial charge is 0.200 e. The van der Waals surface area contributed by atoms with Crippen molar-refractivity contribution in [1.82, 2.24) is 0 Å². The first-order chi connectivity index (χ1) is 18.7. The monoisotopic (exact) mass is 544 g/mol. The fourth-order valence-corrected chi connectivity index (χ4v) is 7.41. The summed E-state index contributed by atoms with van der Waals surface area (Å²) < 4.78 is 20.2. The van der Waals surface area contributed by atoms with Crippen molar-refractivity contribution in [3.8, 4) is 17.2 Å². The summed E-state index contributed by atoms with van der Waals surface area (Å²) in [4.78, 5) is 40.1. The fraction of sp³-hybridized carbons (Fsp3) is 0.485. The predicted octanol–water partition coefficient (Wildman–Crippen LogP) is 5.63. The fourth-order valence-electron chi connectivity index (χ4n) is 7.41. The maximum absolute atomic E-state index is 14.5. The van der Waals surface area contributed by atoms with Crippen molar-refractivity contribution in [2.75, 3.05) is 0 Å². The molecule has 1 spiro atoms. The van der Waals surface area contributed by atoms with E-state index in [0.29, 0.717) is 40.9 Å². The van der Waals surface area contributed by atoms with Crippen LogP contribution in [0, 0.1) is 11.8 Å². The molecule has 7 rings (SSSR count). The first-order valence-corrected chi connectivity index (χ1v) is 13.9. The third kappa shape index (κ3) is 3.30. The van der Waals surface area contributed by atoms with Gasteiger partial charge in [0.05, 0.1) is 11.2 Å². The van der Waals surface area contributed by atoms with Crippen molar-refractivity contribution in [3.63, 3.8) is 0 Å². The lowest BCUT2D eigenvalue weighted by molar-refractivity contribution is -0.171. The van der Waals surface area contributed by atoms with E-state index in [-0.39, 0.29) is 41.0 Å². The highest BCUT2D eigenvalue weighted by Gasteiger charge is 2.81. The molecule has 0 aromatic heterocycles. The van der Waals surface area contributed by atoms with Gasteiger partial charge in [-0.3, -0.25) is 14.4 Å². The quantitative estimate of drug-likeness (QED) is 0.292. The van der Waals surface area contributed by atoms with Gasteiger partial charge in [-0.15, -0.1) is 0 Å². The molecule has 7 heteroatoms. The number of phenolic OH excluding ortho intramolecular Hbond substituents is 1. The third-order valence-corrected chi connectivity index (χ3v) is 9.23. The van der Waals surface area contributed by atoms with E-state index in [1.165, 1.54) is 0 Å². The van der Waals surface area contributed by atoms with Crippen molar-refractivity contribution in [1.29, 1.82) is 0 Å². The molecule has 3 aliphatic carbocycles. The normalized spacial score (nSPS) is 31.9. The molecule has 1 saturated carbocycles. The number of carbonyl (C=O) groups excluding carboxylic acids is 3. The van der Waals surface area contributed by atoms with Gasteiger partial charge in [-0.25, -0.2) is 0 Å². The minimum Gasteiger partial charge on any atom is -0.506 e. The van der Waals surface area contributed by atoms with Crippen LogP contribution in [0.3, 0.4) is 0 Å². The topological polar surface area (TPSA) is 99.1 Å². The van der Waals surface area contributed by atoms with Gasteiger partial charge < -0.3 is 19.3 Å². The van der Waals surface area contributed by atoms with E-state index in [9.17, 15) is 19.5 Å². The number of aldehydes is 1. The van der Waals surface area contributed by atoms with Gasteiger partial charge in [0.25, 0.3) is 0 Å². The van der Waals surface area contributed by atoms with Gasteiger partial charge in [0, 0.05) is 29.4 Å². The molecule has 3 aliphatic heterocycles. The molecule has 3 heterocycles. The van der Waals surface area contributed by atoms with Crippen LogP contribution in [0.5, 0.6) is 17.2 Å². The number of hydrogen-bond acceptors (Lipinski definition) is 7. The summed E-state index contributed by atoms with van der Waals surface area (Å²) in [5.74, 6) is -0.814. The van der Waals surface area contributed by atoms with E-state index < -0.39 is 28.3 Å². The van der Waals surface area contributed by atoms with Crippen LogP contribution in [0.4, 0.5) is 0 Å². The summed E-state index contributed by atoms with van der Waals surface area (Å²) in [5, 5.41) is 11.5. The number of benzene rings is 1. The van der Waals surface area contributed by atoms with E-state index in [4.69, 9.17) is 14.2 Å². The van der Waals surface area contributed by atoms with Gasteiger partial charge in [-0.05, 0) is 79.0 Å².